The topological polar surface area (TPSA) is 60.6 Å². The van der Waals surface area contributed by atoms with Gasteiger partial charge in [-0.15, -0.1) is 0 Å². The molecule has 5 heteroatoms. The summed E-state index contributed by atoms with van der Waals surface area (Å²) >= 11 is 0. The summed E-state index contributed by atoms with van der Waals surface area (Å²) in [7, 11) is 0. The molecule has 0 fully saturated rings. The molecule has 1 heterocycles. The average Bonchev–Trinajstić information content (AvgIpc) is 2.83. The van der Waals surface area contributed by atoms with Crippen LogP contribution in [0.2, 0.25) is 0 Å². The molecule has 0 aliphatic rings. The zero-order valence-corrected chi connectivity index (χ0v) is 20.0. The summed E-state index contributed by atoms with van der Waals surface area (Å²) in [4.78, 5) is 15.9. The smallest absolute Gasteiger partial charge is 0.294 e. The summed E-state index contributed by atoms with van der Waals surface area (Å²) in [6, 6.07) is 15.6. The fourth-order valence-corrected chi connectivity index (χ4v) is 3.75. The Kier molecular flexibility index (Phi) is 10.1. The van der Waals surface area contributed by atoms with Crippen LogP contribution in [0.3, 0.4) is 0 Å². The number of hydrogen-bond donors (Lipinski definition) is 1. The lowest BCUT2D eigenvalue weighted by Gasteiger charge is -2.15. The number of hydrogen-bond acceptors (Lipinski definition) is 4. The van der Waals surface area contributed by atoms with E-state index >= 15 is 0 Å². The molecule has 0 unspecified atom stereocenters. The number of fused-ring (bicyclic) bond motifs is 1. The van der Waals surface area contributed by atoms with E-state index in [1.54, 1.807) is 0 Å². The maximum atomic E-state index is 13.0. The first-order chi connectivity index (χ1) is 16.2. The Morgan fingerprint density at radius 1 is 0.727 bits per heavy atom. The van der Waals surface area contributed by atoms with Gasteiger partial charge in [-0.3, -0.25) is 4.79 Å². The lowest BCUT2D eigenvalue weighted by Crippen LogP contribution is -2.14. The average molecular weight is 452 g/mol. The van der Waals surface area contributed by atoms with Gasteiger partial charge in [0.15, 0.2) is 5.75 Å². The van der Waals surface area contributed by atoms with Crippen LogP contribution in [0.5, 0.6) is 17.2 Å². The van der Waals surface area contributed by atoms with Crippen molar-refractivity contribution >= 4 is 10.9 Å². The molecule has 0 radical (unpaired) electrons. The Bertz CT molecular complexity index is 1030. The molecule has 0 aliphatic heterocycles. The van der Waals surface area contributed by atoms with Crippen molar-refractivity contribution in [2.45, 2.75) is 71.8 Å². The standard InChI is InChI=1S/C28H37NO4/c1-3-5-7-12-18-31-23-16-17-24-25(20-23)29-28(30)27(26(24)32-19-13-8-6-4-2)33-21-22-14-10-9-11-15-22/h9-11,14-17,20H,3-8,12-13,18-19,21H2,1-2H3,(H,29,30). The molecule has 2 aromatic carbocycles. The van der Waals surface area contributed by atoms with Crippen LogP contribution in [-0.4, -0.2) is 18.2 Å². The van der Waals surface area contributed by atoms with Crippen molar-refractivity contribution in [2.24, 2.45) is 0 Å². The van der Waals surface area contributed by atoms with Crippen LogP contribution in [0.25, 0.3) is 10.9 Å². The van der Waals surface area contributed by atoms with Crippen molar-refractivity contribution in [1.82, 2.24) is 4.98 Å². The lowest BCUT2D eigenvalue weighted by molar-refractivity contribution is 0.257. The molecule has 5 nitrogen and oxygen atoms in total. The number of unbranched alkanes of at least 4 members (excludes halogenated alkanes) is 6. The summed E-state index contributed by atoms with van der Waals surface area (Å²) in [6.07, 6.45) is 9.01. The summed E-state index contributed by atoms with van der Waals surface area (Å²) in [5, 5.41) is 0.825. The lowest BCUT2D eigenvalue weighted by atomic mass is 10.1. The molecule has 33 heavy (non-hydrogen) atoms. The van der Waals surface area contributed by atoms with Crippen molar-refractivity contribution in [3.8, 4) is 17.2 Å². The van der Waals surface area contributed by atoms with Gasteiger partial charge in [-0.05, 0) is 30.5 Å². The Morgan fingerprint density at radius 2 is 1.42 bits per heavy atom. The fourth-order valence-electron chi connectivity index (χ4n) is 3.75. The predicted molar refractivity (Wildman–Crippen MR) is 135 cm³/mol. The highest BCUT2D eigenvalue weighted by Gasteiger charge is 2.17. The van der Waals surface area contributed by atoms with E-state index in [9.17, 15) is 4.79 Å². The molecule has 0 amide bonds. The minimum atomic E-state index is -0.290. The molecule has 178 valence electrons. The number of rotatable bonds is 15. The number of ether oxygens (including phenoxy) is 3. The summed E-state index contributed by atoms with van der Waals surface area (Å²) in [5.41, 5.74) is 1.40. The third kappa shape index (κ3) is 7.55. The highest BCUT2D eigenvalue weighted by molar-refractivity contribution is 5.88. The van der Waals surface area contributed by atoms with Gasteiger partial charge in [-0.1, -0.05) is 82.7 Å². The monoisotopic (exact) mass is 451 g/mol. The predicted octanol–water partition coefficient (Wildman–Crippen LogP) is 7.03. The van der Waals surface area contributed by atoms with E-state index in [1.807, 2.05) is 48.5 Å². The molecule has 3 aromatic rings. The van der Waals surface area contributed by atoms with Gasteiger partial charge in [0.1, 0.15) is 12.4 Å². The van der Waals surface area contributed by atoms with E-state index in [4.69, 9.17) is 14.2 Å². The van der Waals surface area contributed by atoms with Gasteiger partial charge in [-0.2, -0.15) is 0 Å². The van der Waals surface area contributed by atoms with Gasteiger partial charge in [-0.25, -0.2) is 0 Å². The largest absolute Gasteiger partial charge is 0.494 e. The van der Waals surface area contributed by atoms with Gasteiger partial charge in [0, 0.05) is 11.5 Å². The first-order valence-electron chi connectivity index (χ1n) is 12.3. The van der Waals surface area contributed by atoms with Gasteiger partial charge in [0.05, 0.1) is 18.7 Å². The summed E-state index contributed by atoms with van der Waals surface area (Å²) in [5.74, 6) is 1.49. The van der Waals surface area contributed by atoms with Gasteiger partial charge in [0.25, 0.3) is 5.56 Å². The van der Waals surface area contributed by atoms with E-state index in [-0.39, 0.29) is 11.3 Å². The molecule has 0 saturated heterocycles. The molecule has 0 spiro atoms. The zero-order valence-electron chi connectivity index (χ0n) is 20.0. The van der Waals surface area contributed by atoms with Crippen LogP contribution in [0.15, 0.2) is 53.3 Å². The molecule has 0 bridgehead atoms. The molecule has 0 atom stereocenters. The number of nitrogens with one attached hydrogen (secondary N) is 1. The van der Waals surface area contributed by atoms with E-state index < -0.39 is 0 Å². The maximum absolute atomic E-state index is 13.0. The zero-order chi connectivity index (χ0) is 23.3. The summed E-state index contributed by atoms with van der Waals surface area (Å²) in [6.45, 7) is 5.91. The number of pyridine rings is 1. The van der Waals surface area contributed by atoms with E-state index in [0.717, 1.165) is 36.0 Å². The minimum absolute atomic E-state index is 0.232. The van der Waals surface area contributed by atoms with Crippen molar-refractivity contribution in [2.75, 3.05) is 13.2 Å². The van der Waals surface area contributed by atoms with Crippen LogP contribution < -0.4 is 19.8 Å². The van der Waals surface area contributed by atoms with Gasteiger partial charge in [0.2, 0.25) is 5.75 Å². The first-order valence-corrected chi connectivity index (χ1v) is 12.3. The van der Waals surface area contributed by atoms with Crippen LogP contribution >= 0.6 is 0 Å². The summed E-state index contributed by atoms with van der Waals surface area (Å²) < 4.78 is 18.0. The highest BCUT2D eigenvalue weighted by atomic mass is 16.5. The second kappa shape index (κ2) is 13.6. The SMILES string of the molecule is CCCCCCOc1ccc2c(OCCCCCC)c(OCc3ccccc3)c(=O)[nH]c2c1. The number of aromatic nitrogens is 1. The third-order valence-corrected chi connectivity index (χ3v) is 5.63. The fraction of sp³-hybridized carbons (Fsp3) is 0.464. The first kappa shape index (κ1) is 24.7. The van der Waals surface area contributed by atoms with Crippen molar-refractivity contribution in [3.63, 3.8) is 0 Å². The molecule has 1 aromatic heterocycles. The Labute approximate surface area is 197 Å². The third-order valence-electron chi connectivity index (χ3n) is 5.63. The molecular formula is C28H37NO4. The molecule has 3 rings (SSSR count). The Morgan fingerprint density at radius 3 is 2.12 bits per heavy atom. The number of H-pyrrole nitrogens is 1. The van der Waals surface area contributed by atoms with Gasteiger partial charge >= 0.3 is 0 Å². The van der Waals surface area contributed by atoms with Crippen molar-refractivity contribution in [1.29, 1.82) is 0 Å². The number of aromatic amines is 1. The van der Waals surface area contributed by atoms with Crippen LogP contribution in [0, 0.1) is 0 Å². The van der Waals surface area contributed by atoms with E-state index in [0.29, 0.717) is 31.1 Å². The van der Waals surface area contributed by atoms with Crippen LogP contribution in [0.1, 0.15) is 70.8 Å². The molecule has 1 N–H and O–H groups in total. The Balaban J connectivity index is 1.81. The second-order valence-electron chi connectivity index (χ2n) is 8.41. The highest BCUT2D eigenvalue weighted by Crippen LogP contribution is 2.34. The minimum Gasteiger partial charge on any atom is -0.494 e. The maximum Gasteiger partial charge on any atom is 0.294 e. The van der Waals surface area contributed by atoms with E-state index in [2.05, 4.69) is 18.8 Å². The molecule has 0 aliphatic carbocycles. The normalized spacial score (nSPS) is 11.0. The molecular weight excluding hydrogens is 414 g/mol. The van der Waals surface area contributed by atoms with E-state index in [1.165, 1.54) is 32.1 Å². The Hall–Kier alpha value is -2.95. The quantitative estimate of drug-likeness (QED) is 0.252. The van der Waals surface area contributed by atoms with Crippen LogP contribution in [-0.2, 0) is 6.61 Å². The molecule has 0 saturated carbocycles. The second-order valence-corrected chi connectivity index (χ2v) is 8.41. The van der Waals surface area contributed by atoms with Crippen molar-refractivity contribution < 1.29 is 14.2 Å². The van der Waals surface area contributed by atoms with Crippen LogP contribution in [0.4, 0.5) is 0 Å². The van der Waals surface area contributed by atoms with Crippen molar-refractivity contribution in [3.05, 3.63) is 64.4 Å². The number of benzene rings is 2. The van der Waals surface area contributed by atoms with Gasteiger partial charge < -0.3 is 19.2 Å².